The van der Waals surface area contributed by atoms with Crippen LogP contribution in [0.1, 0.15) is 5.82 Å². The first-order valence-corrected chi connectivity index (χ1v) is 5.83. The zero-order valence-corrected chi connectivity index (χ0v) is 9.82. The van der Waals surface area contributed by atoms with E-state index >= 15 is 0 Å². The summed E-state index contributed by atoms with van der Waals surface area (Å²) >= 11 is 0. The number of H-pyrrole nitrogens is 1. The van der Waals surface area contributed by atoms with Crippen molar-refractivity contribution in [1.82, 2.24) is 24.5 Å². The molecule has 0 amide bonds. The fraction of sp³-hybridized carbons (Fsp3) is 0.154. The van der Waals surface area contributed by atoms with Gasteiger partial charge in [0.1, 0.15) is 11.6 Å². The van der Waals surface area contributed by atoms with E-state index in [0.717, 1.165) is 30.2 Å². The number of aromatic amines is 1. The van der Waals surface area contributed by atoms with Crippen LogP contribution in [-0.2, 0) is 13.0 Å². The molecule has 0 saturated carbocycles. The minimum Gasteiger partial charge on any atom is -0.349 e. The smallest absolute Gasteiger partial charge is 0.140 e. The van der Waals surface area contributed by atoms with Gasteiger partial charge in [0, 0.05) is 55.7 Å². The van der Waals surface area contributed by atoms with Crippen molar-refractivity contribution in [3.63, 3.8) is 0 Å². The Kier molecular flexibility index (Phi) is 2.87. The van der Waals surface area contributed by atoms with Crippen molar-refractivity contribution in [3.8, 4) is 11.4 Å². The van der Waals surface area contributed by atoms with Crippen molar-refractivity contribution in [2.45, 2.75) is 13.0 Å². The highest BCUT2D eigenvalue weighted by Crippen LogP contribution is 2.16. The van der Waals surface area contributed by atoms with E-state index in [9.17, 15) is 0 Å². The van der Waals surface area contributed by atoms with Gasteiger partial charge in [0.25, 0.3) is 0 Å². The molecule has 3 heterocycles. The maximum Gasteiger partial charge on any atom is 0.140 e. The molecule has 3 rings (SSSR count). The largest absolute Gasteiger partial charge is 0.349 e. The van der Waals surface area contributed by atoms with E-state index in [1.54, 1.807) is 18.6 Å². The molecular formula is C13H13N5. The predicted octanol–water partition coefficient (Wildman–Crippen LogP) is 1.91. The Morgan fingerprint density at radius 1 is 1.06 bits per heavy atom. The SMILES string of the molecule is c1cc(-c2nccn2CCc2ncc[nH]2)ccn1. The number of nitrogens with one attached hydrogen (secondary N) is 1. The molecule has 3 aromatic heterocycles. The monoisotopic (exact) mass is 239 g/mol. The topological polar surface area (TPSA) is 59.4 Å². The fourth-order valence-corrected chi connectivity index (χ4v) is 1.91. The third-order valence-corrected chi connectivity index (χ3v) is 2.80. The molecule has 3 aromatic rings. The van der Waals surface area contributed by atoms with Crippen LogP contribution in [-0.4, -0.2) is 24.5 Å². The Balaban J connectivity index is 1.80. The van der Waals surface area contributed by atoms with E-state index in [4.69, 9.17) is 0 Å². The lowest BCUT2D eigenvalue weighted by Gasteiger charge is -2.06. The van der Waals surface area contributed by atoms with Crippen LogP contribution in [0.15, 0.2) is 49.3 Å². The summed E-state index contributed by atoms with van der Waals surface area (Å²) in [5, 5.41) is 0. The lowest BCUT2D eigenvalue weighted by Crippen LogP contribution is -2.03. The quantitative estimate of drug-likeness (QED) is 0.756. The lowest BCUT2D eigenvalue weighted by atomic mass is 10.2. The van der Waals surface area contributed by atoms with Gasteiger partial charge in [-0.2, -0.15) is 0 Å². The van der Waals surface area contributed by atoms with Gasteiger partial charge in [-0.25, -0.2) is 9.97 Å². The number of rotatable bonds is 4. The van der Waals surface area contributed by atoms with Crippen LogP contribution in [0.2, 0.25) is 0 Å². The molecule has 0 aliphatic carbocycles. The maximum absolute atomic E-state index is 4.39. The van der Waals surface area contributed by atoms with E-state index in [0.29, 0.717) is 0 Å². The average Bonchev–Trinajstić information content (AvgIpc) is 3.09. The highest BCUT2D eigenvalue weighted by molar-refractivity contribution is 5.54. The first-order chi connectivity index (χ1) is 8.93. The highest BCUT2D eigenvalue weighted by atomic mass is 15.1. The Hall–Kier alpha value is -2.43. The molecule has 1 N–H and O–H groups in total. The molecule has 0 aliphatic rings. The first kappa shape index (κ1) is 10.7. The summed E-state index contributed by atoms with van der Waals surface area (Å²) in [7, 11) is 0. The Morgan fingerprint density at radius 2 is 1.94 bits per heavy atom. The zero-order chi connectivity index (χ0) is 12.2. The molecule has 0 bridgehead atoms. The van der Waals surface area contributed by atoms with Gasteiger partial charge in [-0.1, -0.05) is 0 Å². The molecule has 0 aromatic carbocycles. The summed E-state index contributed by atoms with van der Waals surface area (Å²) in [6.45, 7) is 0.852. The van der Waals surface area contributed by atoms with Gasteiger partial charge >= 0.3 is 0 Å². The van der Waals surface area contributed by atoms with Crippen molar-refractivity contribution in [1.29, 1.82) is 0 Å². The van der Waals surface area contributed by atoms with Crippen LogP contribution >= 0.6 is 0 Å². The molecule has 0 saturated heterocycles. The second kappa shape index (κ2) is 4.83. The number of nitrogens with zero attached hydrogens (tertiary/aromatic N) is 4. The van der Waals surface area contributed by atoms with Crippen LogP contribution in [0, 0.1) is 0 Å². The Morgan fingerprint density at radius 3 is 2.72 bits per heavy atom. The summed E-state index contributed by atoms with van der Waals surface area (Å²) < 4.78 is 2.12. The zero-order valence-electron chi connectivity index (χ0n) is 9.82. The predicted molar refractivity (Wildman–Crippen MR) is 67.7 cm³/mol. The van der Waals surface area contributed by atoms with Gasteiger partial charge in [-0.05, 0) is 12.1 Å². The molecule has 5 heteroatoms. The summed E-state index contributed by atoms with van der Waals surface area (Å²) in [4.78, 5) is 15.7. The molecule has 18 heavy (non-hydrogen) atoms. The van der Waals surface area contributed by atoms with Gasteiger partial charge < -0.3 is 9.55 Å². The maximum atomic E-state index is 4.39. The Labute approximate surface area is 105 Å². The molecule has 0 unspecified atom stereocenters. The van der Waals surface area contributed by atoms with Crippen LogP contribution in [0.4, 0.5) is 0 Å². The molecule has 0 radical (unpaired) electrons. The van der Waals surface area contributed by atoms with Crippen molar-refractivity contribution in [2.75, 3.05) is 0 Å². The number of aryl methyl sites for hydroxylation is 2. The Bertz CT molecular complexity index is 597. The normalized spacial score (nSPS) is 10.7. The van der Waals surface area contributed by atoms with E-state index < -0.39 is 0 Å². The number of pyridine rings is 1. The summed E-state index contributed by atoms with van der Waals surface area (Å²) in [5.74, 6) is 1.95. The van der Waals surface area contributed by atoms with Gasteiger partial charge in [0.15, 0.2) is 0 Å². The minimum absolute atomic E-state index is 0.852. The number of hydrogen-bond acceptors (Lipinski definition) is 3. The van der Waals surface area contributed by atoms with E-state index in [1.165, 1.54) is 0 Å². The molecule has 0 atom stereocenters. The van der Waals surface area contributed by atoms with E-state index in [1.807, 2.05) is 30.7 Å². The average molecular weight is 239 g/mol. The summed E-state index contributed by atoms with van der Waals surface area (Å²) in [5.41, 5.74) is 1.08. The standard InChI is InChI=1S/C13H13N5/c1-4-14-5-2-11(1)13-17-8-10-18(13)9-3-12-15-6-7-16-12/h1-2,4-8,10H,3,9H2,(H,15,16). The van der Waals surface area contributed by atoms with Crippen LogP contribution < -0.4 is 0 Å². The molecule has 0 aliphatic heterocycles. The van der Waals surface area contributed by atoms with Crippen LogP contribution in [0.3, 0.4) is 0 Å². The second-order valence-electron chi connectivity index (χ2n) is 3.97. The van der Waals surface area contributed by atoms with Crippen molar-refractivity contribution in [3.05, 3.63) is 55.1 Å². The molecule has 0 fully saturated rings. The van der Waals surface area contributed by atoms with Crippen LogP contribution in [0.25, 0.3) is 11.4 Å². The third kappa shape index (κ3) is 2.15. The lowest BCUT2D eigenvalue weighted by molar-refractivity contribution is 0.682. The summed E-state index contributed by atoms with van der Waals surface area (Å²) in [6, 6.07) is 3.93. The molecule has 5 nitrogen and oxygen atoms in total. The van der Waals surface area contributed by atoms with Gasteiger partial charge in [-0.15, -0.1) is 0 Å². The molecule has 90 valence electrons. The summed E-state index contributed by atoms with van der Waals surface area (Å²) in [6.07, 6.45) is 11.8. The number of hydrogen-bond donors (Lipinski definition) is 1. The number of aromatic nitrogens is 5. The van der Waals surface area contributed by atoms with Gasteiger partial charge in [0.05, 0.1) is 0 Å². The van der Waals surface area contributed by atoms with Crippen LogP contribution in [0.5, 0.6) is 0 Å². The molecule has 0 spiro atoms. The third-order valence-electron chi connectivity index (χ3n) is 2.80. The van der Waals surface area contributed by atoms with Crippen molar-refractivity contribution < 1.29 is 0 Å². The fourth-order valence-electron chi connectivity index (χ4n) is 1.91. The minimum atomic E-state index is 0.852. The van der Waals surface area contributed by atoms with E-state index in [2.05, 4.69) is 24.5 Å². The van der Waals surface area contributed by atoms with Gasteiger partial charge in [-0.3, -0.25) is 4.98 Å². The number of imidazole rings is 2. The second-order valence-corrected chi connectivity index (χ2v) is 3.97. The van der Waals surface area contributed by atoms with Crippen molar-refractivity contribution in [2.24, 2.45) is 0 Å². The van der Waals surface area contributed by atoms with E-state index in [-0.39, 0.29) is 0 Å². The first-order valence-electron chi connectivity index (χ1n) is 5.83. The van der Waals surface area contributed by atoms with Gasteiger partial charge in [0.2, 0.25) is 0 Å². The molecular weight excluding hydrogens is 226 g/mol. The van der Waals surface area contributed by atoms with Crippen molar-refractivity contribution >= 4 is 0 Å². The highest BCUT2D eigenvalue weighted by Gasteiger charge is 2.05.